The van der Waals surface area contributed by atoms with Gasteiger partial charge in [-0.1, -0.05) is 28.1 Å². The van der Waals surface area contributed by atoms with Crippen molar-refractivity contribution in [2.75, 3.05) is 0 Å². The standard InChI is InChI=1S/C8H3BrF3N/c1-13-7-4-5(8(10,11)12)2-3-6(7)9/h2-4H. The third kappa shape index (κ3) is 2.22. The van der Waals surface area contributed by atoms with Crippen LogP contribution in [0.3, 0.4) is 0 Å². The van der Waals surface area contributed by atoms with Crippen LogP contribution in [0.1, 0.15) is 5.56 Å². The van der Waals surface area contributed by atoms with Crippen LogP contribution in [0, 0.1) is 6.57 Å². The van der Waals surface area contributed by atoms with Crippen LogP contribution >= 0.6 is 15.9 Å². The maximum atomic E-state index is 12.1. The average molecular weight is 250 g/mol. The van der Waals surface area contributed by atoms with Gasteiger partial charge in [0.2, 0.25) is 5.69 Å². The van der Waals surface area contributed by atoms with E-state index in [1.54, 1.807) is 0 Å². The molecule has 68 valence electrons. The summed E-state index contributed by atoms with van der Waals surface area (Å²) in [6.07, 6.45) is -4.39. The first kappa shape index (κ1) is 10.1. The van der Waals surface area contributed by atoms with E-state index in [1.165, 1.54) is 6.07 Å². The Kier molecular flexibility index (Phi) is 2.62. The zero-order valence-corrected chi connectivity index (χ0v) is 7.78. The summed E-state index contributed by atoms with van der Waals surface area (Å²) in [6.45, 7) is 6.61. The molecule has 1 aromatic rings. The normalized spacial score (nSPS) is 11.0. The van der Waals surface area contributed by atoms with Crippen molar-refractivity contribution >= 4 is 21.6 Å². The summed E-state index contributed by atoms with van der Waals surface area (Å²) in [5.74, 6) is 0. The van der Waals surface area contributed by atoms with Gasteiger partial charge >= 0.3 is 6.18 Å². The minimum absolute atomic E-state index is 0.0326. The van der Waals surface area contributed by atoms with E-state index in [9.17, 15) is 13.2 Å². The molecule has 0 N–H and O–H groups in total. The maximum absolute atomic E-state index is 12.1. The van der Waals surface area contributed by atoms with Crippen molar-refractivity contribution in [3.8, 4) is 0 Å². The van der Waals surface area contributed by atoms with Crippen molar-refractivity contribution in [1.29, 1.82) is 0 Å². The van der Waals surface area contributed by atoms with E-state index in [1.807, 2.05) is 0 Å². The van der Waals surface area contributed by atoms with Crippen molar-refractivity contribution in [3.05, 3.63) is 39.7 Å². The van der Waals surface area contributed by atoms with Crippen molar-refractivity contribution in [2.24, 2.45) is 0 Å². The minimum atomic E-state index is -4.39. The second kappa shape index (κ2) is 3.38. The lowest BCUT2D eigenvalue weighted by atomic mass is 10.2. The van der Waals surface area contributed by atoms with E-state index in [4.69, 9.17) is 6.57 Å². The molecular weight excluding hydrogens is 247 g/mol. The molecule has 0 aromatic heterocycles. The Balaban J connectivity index is 3.24. The van der Waals surface area contributed by atoms with Crippen LogP contribution in [-0.2, 0) is 6.18 Å². The molecule has 0 atom stereocenters. The van der Waals surface area contributed by atoms with Gasteiger partial charge in [0.15, 0.2) is 0 Å². The molecule has 0 aliphatic carbocycles. The fourth-order valence-corrected chi connectivity index (χ4v) is 1.11. The molecule has 0 aliphatic rings. The molecule has 0 saturated heterocycles. The fourth-order valence-electron chi connectivity index (χ4n) is 0.775. The van der Waals surface area contributed by atoms with E-state index < -0.39 is 11.7 Å². The van der Waals surface area contributed by atoms with E-state index in [-0.39, 0.29) is 5.69 Å². The number of halogens is 4. The van der Waals surface area contributed by atoms with Crippen LogP contribution in [0.2, 0.25) is 0 Å². The molecule has 0 spiro atoms. The Hall–Kier alpha value is -1.02. The molecule has 1 rings (SSSR count). The third-order valence-corrected chi connectivity index (χ3v) is 2.06. The molecule has 1 nitrogen and oxygen atoms in total. The van der Waals surface area contributed by atoms with Gasteiger partial charge < -0.3 is 0 Å². The van der Waals surface area contributed by atoms with Gasteiger partial charge in [0.05, 0.1) is 6.57 Å². The zero-order chi connectivity index (χ0) is 10.1. The molecule has 5 heteroatoms. The van der Waals surface area contributed by atoms with E-state index in [0.717, 1.165) is 12.1 Å². The zero-order valence-electron chi connectivity index (χ0n) is 6.19. The largest absolute Gasteiger partial charge is 0.415 e. The van der Waals surface area contributed by atoms with Crippen LogP contribution < -0.4 is 0 Å². The molecule has 0 bridgehead atoms. The molecule has 0 unspecified atom stereocenters. The molecule has 0 fully saturated rings. The van der Waals surface area contributed by atoms with Crippen LogP contribution in [0.5, 0.6) is 0 Å². The van der Waals surface area contributed by atoms with Crippen molar-refractivity contribution in [2.45, 2.75) is 6.18 Å². The first-order chi connectivity index (χ1) is 5.95. The van der Waals surface area contributed by atoms with Gasteiger partial charge in [-0.3, -0.25) is 0 Å². The van der Waals surface area contributed by atoms with Crippen molar-refractivity contribution in [3.63, 3.8) is 0 Å². The highest BCUT2D eigenvalue weighted by atomic mass is 79.9. The molecule has 0 saturated carbocycles. The molecular formula is C8H3BrF3N. The van der Waals surface area contributed by atoms with Gasteiger partial charge in [-0.25, -0.2) is 4.85 Å². The Bertz CT molecular complexity index is 365. The Labute approximate surface area is 81.1 Å². The first-order valence-electron chi connectivity index (χ1n) is 3.19. The minimum Gasteiger partial charge on any atom is -0.237 e. The van der Waals surface area contributed by atoms with Gasteiger partial charge in [0.25, 0.3) is 0 Å². The number of benzene rings is 1. The number of alkyl halides is 3. The Morgan fingerprint density at radius 1 is 1.31 bits per heavy atom. The predicted octanol–water partition coefficient (Wildman–Crippen LogP) is 4.02. The first-order valence-corrected chi connectivity index (χ1v) is 3.98. The smallest absolute Gasteiger partial charge is 0.237 e. The lowest BCUT2D eigenvalue weighted by Gasteiger charge is -2.06. The summed E-state index contributed by atoms with van der Waals surface area (Å²) in [6, 6.07) is 2.96. The molecule has 0 radical (unpaired) electrons. The summed E-state index contributed by atoms with van der Waals surface area (Å²) in [7, 11) is 0. The van der Waals surface area contributed by atoms with Crippen LogP contribution in [0.4, 0.5) is 18.9 Å². The quantitative estimate of drug-likeness (QED) is 0.612. The monoisotopic (exact) mass is 249 g/mol. The fraction of sp³-hybridized carbons (Fsp3) is 0.125. The molecule has 0 amide bonds. The molecule has 0 aliphatic heterocycles. The summed E-state index contributed by atoms with van der Waals surface area (Å²) in [5.41, 5.74) is -0.837. The van der Waals surface area contributed by atoms with Gasteiger partial charge in [0.1, 0.15) is 0 Å². The van der Waals surface area contributed by atoms with Crippen molar-refractivity contribution < 1.29 is 13.2 Å². The van der Waals surface area contributed by atoms with Crippen LogP contribution in [-0.4, -0.2) is 0 Å². The molecule has 13 heavy (non-hydrogen) atoms. The van der Waals surface area contributed by atoms with Gasteiger partial charge in [0, 0.05) is 10.0 Å². The van der Waals surface area contributed by atoms with Gasteiger partial charge in [-0.05, 0) is 6.07 Å². The van der Waals surface area contributed by atoms with Crippen molar-refractivity contribution in [1.82, 2.24) is 0 Å². The lowest BCUT2D eigenvalue weighted by Crippen LogP contribution is -2.03. The SMILES string of the molecule is [C-]#[N+]c1cc(C(F)(F)F)ccc1Br. The number of rotatable bonds is 0. The number of nitrogens with zero attached hydrogens (tertiary/aromatic N) is 1. The second-order valence-corrected chi connectivity index (χ2v) is 3.13. The molecule has 1 aromatic carbocycles. The van der Waals surface area contributed by atoms with Crippen LogP contribution in [0.15, 0.2) is 22.7 Å². The topological polar surface area (TPSA) is 4.36 Å². The van der Waals surface area contributed by atoms with E-state index >= 15 is 0 Å². The lowest BCUT2D eigenvalue weighted by molar-refractivity contribution is -0.137. The summed E-state index contributed by atoms with van der Waals surface area (Å²) in [5, 5.41) is 0. The number of hydrogen-bond acceptors (Lipinski definition) is 0. The highest BCUT2D eigenvalue weighted by Crippen LogP contribution is 2.34. The maximum Gasteiger partial charge on any atom is 0.415 e. The highest BCUT2D eigenvalue weighted by molar-refractivity contribution is 9.10. The number of hydrogen-bond donors (Lipinski definition) is 0. The van der Waals surface area contributed by atoms with E-state index in [2.05, 4.69) is 20.8 Å². The predicted molar refractivity (Wildman–Crippen MR) is 45.4 cm³/mol. The third-order valence-electron chi connectivity index (χ3n) is 1.39. The summed E-state index contributed by atoms with van der Waals surface area (Å²) in [4.78, 5) is 2.95. The van der Waals surface area contributed by atoms with Crippen LogP contribution in [0.25, 0.3) is 4.85 Å². The highest BCUT2D eigenvalue weighted by Gasteiger charge is 2.30. The van der Waals surface area contributed by atoms with Gasteiger partial charge in [-0.15, -0.1) is 0 Å². The Morgan fingerprint density at radius 2 is 1.92 bits per heavy atom. The van der Waals surface area contributed by atoms with Gasteiger partial charge in [-0.2, -0.15) is 13.2 Å². The van der Waals surface area contributed by atoms with E-state index in [0.29, 0.717) is 4.47 Å². The summed E-state index contributed by atoms with van der Waals surface area (Å²) >= 11 is 2.98. The average Bonchev–Trinajstić information content (AvgIpc) is 2.03. The summed E-state index contributed by atoms with van der Waals surface area (Å²) < 4.78 is 36.7. The second-order valence-electron chi connectivity index (χ2n) is 2.28. The Morgan fingerprint density at radius 3 is 2.38 bits per heavy atom. The molecule has 0 heterocycles.